The molecule has 1 aliphatic heterocycles. The Morgan fingerprint density at radius 2 is 2.28 bits per heavy atom. The predicted octanol–water partition coefficient (Wildman–Crippen LogP) is -2.01. The van der Waals surface area contributed by atoms with Crippen LogP contribution in [0.4, 0.5) is 10.6 Å². The zero-order valence-corrected chi connectivity index (χ0v) is 9.30. The van der Waals surface area contributed by atoms with Gasteiger partial charge in [-0.15, -0.1) is 0 Å². The lowest BCUT2D eigenvalue weighted by Gasteiger charge is -2.15. The van der Waals surface area contributed by atoms with Gasteiger partial charge in [0.05, 0.1) is 19.1 Å². The van der Waals surface area contributed by atoms with Gasteiger partial charge >= 0.3 is 6.03 Å². The molecule has 2 rings (SSSR count). The highest BCUT2D eigenvalue weighted by Crippen LogP contribution is 2.29. The molecule has 2 heterocycles. The molecule has 1 aliphatic rings. The zero-order valence-electron chi connectivity index (χ0n) is 9.30. The van der Waals surface area contributed by atoms with E-state index >= 15 is 0 Å². The van der Waals surface area contributed by atoms with Crippen LogP contribution in [0.3, 0.4) is 0 Å². The first-order valence-corrected chi connectivity index (χ1v) is 5.25. The quantitative estimate of drug-likeness (QED) is 0.423. The standard InChI is InChI=1S/C9H14N4O5/c10-9(17)12-5-1-13(3-11-5)8-7(16)6(15)4(2-14)18-8/h1,3-4,6-8,14-16H,2H2,(H3,10,12,17)/t4-,6-,7-,8-/m1/s1. The third kappa shape index (κ3) is 2.29. The number of primary amides is 1. The molecule has 0 unspecified atom stereocenters. The minimum Gasteiger partial charge on any atom is -0.394 e. The summed E-state index contributed by atoms with van der Waals surface area (Å²) in [5, 5.41) is 30.5. The number of hydrogen-bond acceptors (Lipinski definition) is 6. The highest BCUT2D eigenvalue weighted by molar-refractivity contribution is 5.86. The van der Waals surface area contributed by atoms with Gasteiger partial charge in [-0.05, 0) is 0 Å². The van der Waals surface area contributed by atoms with Gasteiger partial charge in [0.2, 0.25) is 0 Å². The second-order valence-electron chi connectivity index (χ2n) is 3.92. The second-order valence-corrected chi connectivity index (χ2v) is 3.92. The Morgan fingerprint density at radius 3 is 2.83 bits per heavy atom. The van der Waals surface area contributed by atoms with Gasteiger partial charge < -0.3 is 30.4 Å². The van der Waals surface area contributed by atoms with Crippen molar-refractivity contribution >= 4 is 11.8 Å². The monoisotopic (exact) mass is 258 g/mol. The fraction of sp³-hybridized carbons (Fsp3) is 0.556. The minimum absolute atomic E-state index is 0.195. The number of hydrogen-bond donors (Lipinski definition) is 5. The van der Waals surface area contributed by atoms with E-state index in [2.05, 4.69) is 10.3 Å². The van der Waals surface area contributed by atoms with Gasteiger partial charge in [0.15, 0.2) is 12.0 Å². The van der Waals surface area contributed by atoms with Crippen molar-refractivity contribution in [3.05, 3.63) is 12.5 Å². The summed E-state index contributed by atoms with van der Waals surface area (Å²) in [6.45, 7) is -0.407. The Kier molecular flexibility index (Phi) is 3.48. The van der Waals surface area contributed by atoms with Crippen LogP contribution in [-0.2, 0) is 4.74 Å². The first-order valence-electron chi connectivity index (χ1n) is 5.25. The maximum Gasteiger partial charge on any atom is 0.317 e. The molecular formula is C9H14N4O5. The number of amides is 2. The average molecular weight is 258 g/mol. The third-order valence-electron chi connectivity index (χ3n) is 2.66. The van der Waals surface area contributed by atoms with Crippen LogP contribution >= 0.6 is 0 Å². The molecule has 4 atom stereocenters. The molecular weight excluding hydrogens is 244 g/mol. The average Bonchev–Trinajstić information content (AvgIpc) is 2.86. The highest BCUT2D eigenvalue weighted by atomic mass is 16.6. The van der Waals surface area contributed by atoms with E-state index in [9.17, 15) is 15.0 Å². The fourth-order valence-electron chi connectivity index (χ4n) is 1.79. The van der Waals surface area contributed by atoms with E-state index < -0.39 is 37.2 Å². The number of carbonyl (C=O) groups is 1. The van der Waals surface area contributed by atoms with Crippen molar-refractivity contribution in [2.45, 2.75) is 24.5 Å². The smallest absolute Gasteiger partial charge is 0.317 e. The molecule has 100 valence electrons. The summed E-state index contributed by atoms with van der Waals surface area (Å²) in [6.07, 6.45) is -1.42. The predicted molar refractivity (Wildman–Crippen MR) is 58.4 cm³/mol. The Morgan fingerprint density at radius 1 is 1.56 bits per heavy atom. The number of nitrogens with one attached hydrogen (secondary N) is 1. The van der Waals surface area contributed by atoms with E-state index in [0.29, 0.717) is 0 Å². The lowest BCUT2D eigenvalue weighted by molar-refractivity contribution is -0.0527. The van der Waals surface area contributed by atoms with Gasteiger partial charge in [-0.3, -0.25) is 5.32 Å². The number of ether oxygens (including phenoxy) is 1. The molecule has 18 heavy (non-hydrogen) atoms. The zero-order chi connectivity index (χ0) is 13.3. The van der Waals surface area contributed by atoms with Gasteiger partial charge in [-0.1, -0.05) is 0 Å². The normalized spacial score (nSPS) is 31.5. The Labute approximate surface area is 102 Å². The summed E-state index contributed by atoms with van der Waals surface area (Å²) in [5.74, 6) is 0.195. The first kappa shape index (κ1) is 12.8. The lowest BCUT2D eigenvalue weighted by atomic mass is 10.1. The Hall–Kier alpha value is -1.68. The van der Waals surface area contributed by atoms with Crippen LogP contribution in [0.15, 0.2) is 12.5 Å². The van der Waals surface area contributed by atoms with Crippen molar-refractivity contribution in [2.75, 3.05) is 11.9 Å². The van der Waals surface area contributed by atoms with Crippen molar-refractivity contribution in [2.24, 2.45) is 5.73 Å². The number of carbonyl (C=O) groups excluding carboxylic acids is 1. The number of nitrogens with two attached hydrogens (primary N) is 1. The number of anilines is 1. The van der Waals surface area contributed by atoms with Gasteiger partial charge in [0.1, 0.15) is 18.3 Å². The molecule has 0 saturated carbocycles. The molecule has 9 nitrogen and oxygen atoms in total. The molecule has 1 fully saturated rings. The van der Waals surface area contributed by atoms with Crippen molar-refractivity contribution in [3.8, 4) is 0 Å². The van der Waals surface area contributed by atoms with E-state index in [1.165, 1.54) is 17.1 Å². The highest BCUT2D eigenvalue weighted by Gasteiger charge is 2.43. The van der Waals surface area contributed by atoms with Gasteiger partial charge in [-0.2, -0.15) is 0 Å². The Balaban J connectivity index is 2.12. The number of nitrogens with zero attached hydrogens (tertiary/aromatic N) is 2. The van der Waals surface area contributed by atoms with Crippen LogP contribution in [0.2, 0.25) is 0 Å². The molecule has 9 heteroatoms. The molecule has 0 radical (unpaired) electrons. The van der Waals surface area contributed by atoms with E-state index in [-0.39, 0.29) is 5.82 Å². The Bertz CT molecular complexity index is 436. The summed E-state index contributed by atoms with van der Waals surface area (Å²) in [5.41, 5.74) is 4.93. The number of aliphatic hydroxyl groups is 3. The molecule has 0 aromatic carbocycles. The second kappa shape index (κ2) is 4.90. The minimum atomic E-state index is -1.20. The van der Waals surface area contributed by atoms with Crippen molar-refractivity contribution in [3.63, 3.8) is 0 Å². The molecule has 0 aliphatic carbocycles. The summed E-state index contributed by atoms with van der Waals surface area (Å²) in [6, 6.07) is -0.763. The molecule has 0 bridgehead atoms. The van der Waals surface area contributed by atoms with E-state index in [0.717, 1.165) is 0 Å². The van der Waals surface area contributed by atoms with Crippen molar-refractivity contribution < 1.29 is 24.9 Å². The van der Waals surface area contributed by atoms with E-state index in [4.69, 9.17) is 15.6 Å². The van der Waals surface area contributed by atoms with Crippen LogP contribution in [0, 0.1) is 0 Å². The maximum atomic E-state index is 10.6. The van der Waals surface area contributed by atoms with Crippen molar-refractivity contribution in [1.82, 2.24) is 9.55 Å². The van der Waals surface area contributed by atoms with Crippen molar-refractivity contribution in [1.29, 1.82) is 0 Å². The number of rotatable bonds is 3. The molecule has 6 N–H and O–H groups in total. The van der Waals surface area contributed by atoms with Crippen LogP contribution in [0.25, 0.3) is 0 Å². The molecule has 1 aromatic rings. The molecule has 0 spiro atoms. The summed E-state index contributed by atoms with van der Waals surface area (Å²) in [4.78, 5) is 14.4. The first-order chi connectivity index (χ1) is 8.52. The van der Waals surface area contributed by atoms with Crippen LogP contribution < -0.4 is 11.1 Å². The van der Waals surface area contributed by atoms with Crippen LogP contribution in [0.5, 0.6) is 0 Å². The van der Waals surface area contributed by atoms with E-state index in [1.807, 2.05) is 0 Å². The number of imidazole rings is 1. The van der Waals surface area contributed by atoms with E-state index in [1.54, 1.807) is 0 Å². The molecule has 1 saturated heterocycles. The molecule has 1 aromatic heterocycles. The fourth-order valence-corrected chi connectivity index (χ4v) is 1.79. The summed E-state index contributed by atoms with van der Waals surface area (Å²) in [7, 11) is 0. The summed E-state index contributed by atoms with van der Waals surface area (Å²) >= 11 is 0. The maximum absolute atomic E-state index is 10.6. The van der Waals surface area contributed by atoms with Crippen LogP contribution in [-0.4, -0.2) is 55.8 Å². The number of aromatic nitrogens is 2. The lowest BCUT2D eigenvalue weighted by Crippen LogP contribution is -2.33. The van der Waals surface area contributed by atoms with Gasteiger partial charge in [0.25, 0.3) is 0 Å². The number of aliphatic hydroxyl groups excluding tert-OH is 3. The third-order valence-corrected chi connectivity index (χ3v) is 2.66. The molecule has 2 amide bonds. The van der Waals surface area contributed by atoms with Crippen LogP contribution in [0.1, 0.15) is 6.23 Å². The summed E-state index contributed by atoms with van der Waals surface area (Å²) < 4.78 is 6.64. The SMILES string of the molecule is NC(=O)Nc1cn([C@@H]2O[C@H](CO)[C@@H](O)[C@H]2O)cn1. The topological polar surface area (TPSA) is 143 Å². The van der Waals surface area contributed by atoms with Gasteiger partial charge in [0, 0.05) is 0 Å². The van der Waals surface area contributed by atoms with Gasteiger partial charge in [-0.25, -0.2) is 9.78 Å². The largest absolute Gasteiger partial charge is 0.394 e. The number of urea groups is 1.